The third-order valence-electron chi connectivity index (χ3n) is 4.64. The number of pyridine rings is 1. The molecule has 0 atom stereocenters. The third kappa shape index (κ3) is 3.62. The first-order valence-electron chi connectivity index (χ1n) is 9.55. The highest BCUT2D eigenvalue weighted by Crippen LogP contribution is 2.14. The SMILES string of the molecule is CCCn1nc(C(=O)NNC(=O)c2ccc3ccccc3n2)c2ccccc2c1=O. The van der Waals surface area contributed by atoms with Gasteiger partial charge in [-0.1, -0.05) is 49.4 Å². The van der Waals surface area contributed by atoms with E-state index >= 15 is 0 Å². The van der Waals surface area contributed by atoms with Crippen molar-refractivity contribution in [2.75, 3.05) is 0 Å². The summed E-state index contributed by atoms with van der Waals surface area (Å²) in [6.45, 7) is 2.30. The zero-order chi connectivity index (χ0) is 21.1. The van der Waals surface area contributed by atoms with E-state index in [1.807, 2.05) is 25.1 Å². The Morgan fingerprint density at radius 3 is 2.40 bits per heavy atom. The van der Waals surface area contributed by atoms with Crippen LogP contribution in [-0.4, -0.2) is 26.6 Å². The summed E-state index contributed by atoms with van der Waals surface area (Å²) in [5.41, 5.74) is 5.38. The average Bonchev–Trinajstić information content (AvgIpc) is 2.79. The van der Waals surface area contributed by atoms with Gasteiger partial charge in [-0.05, 0) is 24.6 Å². The molecule has 0 aliphatic heterocycles. The van der Waals surface area contributed by atoms with Crippen LogP contribution in [0, 0.1) is 0 Å². The van der Waals surface area contributed by atoms with Gasteiger partial charge < -0.3 is 0 Å². The van der Waals surface area contributed by atoms with Gasteiger partial charge >= 0.3 is 0 Å². The van der Waals surface area contributed by atoms with Crippen molar-refractivity contribution in [1.82, 2.24) is 25.6 Å². The molecule has 0 unspecified atom stereocenters. The fraction of sp³-hybridized carbons (Fsp3) is 0.136. The average molecular weight is 401 g/mol. The number of nitrogens with one attached hydrogen (secondary N) is 2. The molecule has 8 nitrogen and oxygen atoms in total. The van der Waals surface area contributed by atoms with Gasteiger partial charge in [-0.2, -0.15) is 5.10 Å². The molecule has 0 bridgehead atoms. The van der Waals surface area contributed by atoms with Crippen molar-refractivity contribution in [3.05, 3.63) is 82.4 Å². The number of hydrogen-bond acceptors (Lipinski definition) is 5. The molecular weight excluding hydrogens is 382 g/mol. The molecule has 2 aromatic heterocycles. The second-order valence-electron chi connectivity index (χ2n) is 6.72. The number of hydrazine groups is 1. The topological polar surface area (TPSA) is 106 Å². The van der Waals surface area contributed by atoms with Crippen LogP contribution in [0.2, 0.25) is 0 Å². The van der Waals surface area contributed by atoms with Crippen LogP contribution in [0.1, 0.15) is 34.3 Å². The first-order chi connectivity index (χ1) is 14.6. The summed E-state index contributed by atoms with van der Waals surface area (Å²) in [6, 6.07) is 17.6. The minimum absolute atomic E-state index is 0.0606. The first-order valence-corrected chi connectivity index (χ1v) is 9.55. The summed E-state index contributed by atoms with van der Waals surface area (Å²) in [5.74, 6) is -1.18. The number of hydrogen-bond donors (Lipinski definition) is 2. The van der Waals surface area contributed by atoms with E-state index in [0.29, 0.717) is 29.3 Å². The van der Waals surface area contributed by atoms with E-state index in [1.165, 1.54) is 4.68 Å². The zero-order valence-electron chi connectivity index (χ0n) is 16.3. The Hall–Kier alpha value is -4.07. The Labute approximate surface area is 171 Å². The zero-order valence-corrected chi connectivity index (χ0v) is 16.3. The third-order valence-corrected chi connectivity index (χ3v) is 4.64. The summed E-state index contributed by atoms with van der Waals surface area (Å²) in [7, 11) is 0. The molecule has 0 fully saturated rings. The van der Waals surface area contributed by atoms with Gasteiger partial charge in [0, 0.05) is 17.3 Å². The van der Waals surface area contributed by atoms with Gasteiger partial charge in [0.05, 0.1) is 10.9 Å². The molecule has 4 aromatic rings. The number of benzene rings is 2. The maximum atomic E-state index is 12.8. The predicted molar refractivity (Wildman–Crippen MR) is 113 cm³/mol. The summed E-state index contributed by atoms with van der Waals surface area (Å²) < 4.78 is 1.27. The second kappa shape index (κ2) is 8.12. The van der Waals surface area contributed by atoms with Crippen LogP contribution in [0.15, 0.2) is 65.5 Å². The molecule has 0 aliphatic rings. The molecular formula is C22H19N5O3. The van der Waals surface area contributed by atoms with Crippen molar-refractivity contribution in [2.45, 2.75) is 19.9 Å². The van der Waals surface area contributed by atoms with Crippen molar-refractivity contribution < 1.29 is 9.59 Å². The van der Waals surface area contributed by atoms with E-state index in [2.05, 4.69) is 20.9 Å². The molecule has 150 valence electrons. The molecule has 0 saturated carbocycles. The van der Waals surface area contributed by atoms with Crippen LogP contribution in [0.3, 0.4) is 0 Å². The van der Waals surface area contributed by atoms with Crippen LogP contribution < -0.4 is 16.4 Å². The number of aryl methyl sites for hydroxylation is 1. The largest absolute Gasteiger partial charge is 0.290 e. The van der Waals surface area contributed by atoms with E-state index in [0.717, 1.165) is 5.39 Å². The molecule has 2 amide bonds. The van der Waals surface area contributed by atoms with Crippen LogP contribution in [0.4, 0.5) is 0 Å². The van der Waals surface area contributed by atoms with Crippen molar-refractivity contribution >= 4 is 33.5 Å². The number of carbonyl (C=O) groups is 2. The van der Waals surface area contributed by atoms with Crippen molar-refractivity contribution in [3.8, 4) is 0 Å². The van der Waals surface area contributed by atoms with Gasteiger partial charge in [0.2, 0.25) is 0 Å². The van der Waals surface area contributed by atoms with Crippen LogP contribution in [-0.2, 0) is 6.54 Å². The maximum absolute atomic E-state index is 12.8. The molecule has 0 saturated heterocycles. The van der Waals surface area contributed by atoms with Crippen molar-refractivity contribution in [3.63, 3.8) is 0 Å². The normalized spacial score (nSPS) is 10.8. The summed E-state index contributed by atoms with van der Waals surface area (Å²) in [5, 5.41) is 5.93. The first kappa shape index (κ1) is 19.3. The summed E-state index contributed by atoms with van der Waals surface area (Å²) >= 11 is 0. The quantitative estimate of drug-likeness (QED) is 0.511. The number of nitrogens with zero attached hydrogens (tertiary/aromatic N) is 3. The number of rotatable bonds is 4. The number of fused-ring (bicyclic) bond motifs is 2. The number of carbonyl (C=O) groups excluding carboxylic acids is 2. The highest BCUT2D eigenvalue weighted by molar-refractivity contribution is 6.06. The van der Waals surface area contributed by atoms with Crippen LogP contribution in [0.5, 0.6) is 0 Å². The number of para-hydroxylation sites is 1. The van der Waals surface area contributed by atoms with Crippen molar-refractivity contribution in [1.29, 1.82) is 0 Å². The predicted octanol–water partition coefficient (Wildman–Crippen LogP) is 2.43. The number of amides is 2. The fourth-order valence-corrected chi connectivity index (χ4v) is 3.20. The van der Waals surface area contributed by atoms with E-state index < -0.39 is 11.8 Å². The Bertz CT molecular complexity index is 1330. The monoisotopic (exact) mass is 401 g/mol. The molecule has 8 heteroatoms. The molecule has 0 aliphatic carbocycles. The minimum Gasteiger partial charge on any atom is -0.267 e. The summed E-state index contributed by atoms with van der Waals surface area (Å²) in [4.78, 5) is 42.0. The van der Waals surface area contributed by atoms with Gasteiger partial charge in [0.15, 0.2) is 5.69 Å². The smallest absolute Gasteiger partial charge is 0.267 e. The van der Waals surface area contributed by atoms with Crippen LogP contribution in [0.25, 0.3) is 21.7 Å². The molecule has 4 rings (SSSR count). The van der Waals surface area contributed by atoms with E-state index in [1.54, 1.807) is 42.5 Å². The molecule has 30 heavy (non-hydrogen) atoms. The summed E-state index contributed by atoms with van der Waals surface area (Å²) in [6.07, 6.45) is 0.691. The Balaban J connectivity index is 1.59. The highest BCUT2D eigenvalue weighted by Gasteiger charge is 2.17. The van der Waals surface area contributed by atoms with Gasteiger partial charge in [-0.15, -0.1) is 0 Å². The van der Waals surface area contributed by atoms with E-state index in [9.17, 15) is 14.4 Å². The van der Waals surface area contributed by atoms with Crippen LogP contribution >= 0.6 is 0 Å². The molecule has 0 radical (unpaired) electrons. The Kier molecular flexibility index (Phi) is 5.21. The molecule has 2 heterocycles. The van der Waals surface area contributed by atoms with Gasteiger partial charge in [-0.3, -0.25) is 25.2 Å². The standard InChI is InChI=1S/C22H19N5O3/c1-2-13-27-22(30)16-9-5-4-8-15(16)19(26-27)21(29)25-24-20(28)18-12-11-14-7-3-6-10-17(14)23-18/h3-12H,2,13H2,1H3,(H,24,28)(H,25,29). The lowest BCUT2D eigenvalue weighted by molar-refractivity contribution is 0.0841. The van der Waals surface area contributed by atoms with Gasteiger partial charge in [-0.25, -0.2) is 9.67 Å². The van der Waals surface area contributed by atoms with E-state index in [4.69, 9.17) is 0 Å². The van der Waals surface area contributed by atoms with Crippen molar-refractivity contribution in [2.24, 2.45) is 0 Å². The van der Waals surface area contributed by atoms with Gasteiger partial charge in [0.1, 0.15) is 5.69 Å². The Morgan fingerprint density at radius 2 is 1.60 bits per heavy atom. The molecule has 2 aromatic carbocycles. The number of aromatic nitrogens is 3. The molecule has 0 spiro atoms. The second-order valence-corrected chi connectivity index (χ2v) is 6.72. The minimum atomic E-state index is -0.620. The Morgan fingerprint density at radius 1 is 0.900 bits per heavy atom. The lowest BCUT2D eigenvalue weighted by atomic mass is 10.1. The maximum Gasteiger partial charge on any atom is 0.290 e. The highest BCUT2D eigenvalue weighted by atomic mass is 16.2. The molecule has 2 N–H and O–H groups in total. The van der Waals surface area contributed by atoms with Gasteiger partial charge in [0.25, 0.3) is 17.4 Å². The van der Waals surface area contributed by atoms with E-state index in [-0.39, 0.29) is 16.9 Å². The lowest BCUT2D eigenvalue weighted by Gasteiger charge is -2.11. The fourth-order valence-electron chi connectivity index (χ4n) is 3.20. The lowest BCUT2D eigenvalue weighted by Crippen LogP contribution is -2.43.